The van der Waals surface area contributed by atoms with E-state index in [2.05, 4.69) is 5.32 Å². The number of rotatable bonds is 4. The highest BCUT2D eigenvalue weighted by atomic mass is 32.1. The van der Waals surface area contributed by atoms with Gasteiger partial charge >= 0.3 is 5.97 Å². The second-order valence-electron chi connectivity index (χ2n) is 4.60. The molecule has 1 aliphatic rings. The molecule has 0 unspecified atom stereocenters. The second kappa shape index (κ2) is 4.14. The van der Waals surface area contributed by atoms with E-state index in [0.29, 0.717) is 18.4 Å². The summed E-state index contributed by atoms with van der Waals surface area (Å²) in [6.07, 6.45) is 1.31. The van der Waals surface area contributed by atoms with E-state index in [9.17, 15) is 9.59 Å². The van der Waals surface area contributed by atoms with Crippen LogP contribution in [0.15, 0.2) is 6.07 Å². The average Bonchev–Trinajstić information content (AvgIpc) is 2.97. The molecule has 4 nitrogen and oxygen atoms in total. The van der Waals surface area contributed by atoms with Gasteiger partial charge in [-0.15, -0.1) is 11.3 Å². The molecule has 1 heterocycles. The molecule has 0 aliphatic heterocycles. The maximum atomic E-state index is 11.9. The van der Waals surface area contributed by atoms with Gasteiger partial charge in [-0.2, -0.15) is 0 Å². The van der Waals surface area contributed by atoms with Gasteiger partial charge < -0.3 is 10.4 Å². The third-order valence-electron chi connectivity index (χ3n) is 3.18. The van der Waals surface area contributed by atoms with E-state index in [1.54, 1.807) is 11.3 Å². The maximum absolute atomic E-state index is 11.9. The van der Waals surface area contributed by atoms with Gasteiger partial charge in [-0.3, -0.25) is 9.59 Å². The normalized spacial score (nSPS) is 16.6. The Hall–Kier alpha value is -1.36. The summed E-state index contributed by atoms with van der Waals surface area (Å²) in [5.41, 5.74) is -0.0389. The third-order valence-corrected chi connectivity index (χ3v) is 4.15. The molecule has 17 heavy (non-hydrogen) atoms. The quantitative estimate of drug-likeness (QED) is 0.862. The number of carboxylic acids is 1. The maximum Gasteiger partial charge on any atom is 0.311 e. The zero-order chi connectivity index (χ0) is 12.6. The van der Waals surface area contributed by atoms with Gasteiger partial charge in [-0.05, 0) is 32.8 Å². The SMILES string of the molecule is Cc1cc(C(=O)NCC2(C(=O)O)CC2)c(C)s1. The molecule has 0 aromatic carbocycles. The summed E-state index contributed by atoms with van der Waals surface area (Å²) in [6, 6.07) is 1.84. The van der Waals surface area contributed by atoms with Crippen LogP contribution in [-0.2, 0) is 4.79 Å². The predicted molar refractivity (Wildman–Crippen MR) is 65.4 cm³/mol. The monoisotopic (exact) mass is 253 g/mol. The number of aliphatic carboxylic acids is 1. The average molecular weight is 253 g/mol. The highest BCUT2D eigenvalue weighted by molar-refractivity contribution is 7.12. The molecule has 0 saturated heterocycles. The van der Waals surface area contributed by atoms with Crippen molar-refractivity contribution in [3.63, 3.8) is 0 Å². The molecular formula is C12H15NO3S. The van der Waals surface area contributed by atoms with Crippen molar-refractivity contribution in [2.45, 2.75) is 26.7 Å². The van der Waals surface area contributed by atoms with Crippen LogP contribution in [0.25, 0.3) is 0 Å². The molecule has 1 fully saturated rings. The first-order chi connectivity index (χ1) is 7.94. The minimum atomic E-state index is -0.809. The van der Waals surface area contributed by atoms with Crippen molar-refractivity contribution in [1.29, 1.82) is 0 Å². The molecule has 1 aromatic rings. The van der Waals surface area contributed by atoms with Crippen LogP contribution in [-0.4, -0.2) is 23.5 Å². The predicted octanol–water partition coefficient (Wildman–Crippen LogP) is 1.96. The van der Waals surface area contributed by atoms with Crippen LogP contribution in [0.2, 0.25) is 0 Å². The Morgan fingerprint density at radius 1 is 1.47 bits per heavy atom. The van der Waals surface area contributed by atoms with Crippen LogP contribution in [0.1, 0.15) is 33.0 Å². The molecule has 1 aliphatic carbocycles. The van der Waals surface area contributed by atoms with Crippen molar-refractivity contribution in [3.05, 3.63) is 21.4 Å². The molecular weight excluding hydrogens is 238 g/mol. The molecule has 2 rings (SSSR count). The number of thiophene rings is 1. The lowest BCUT2D eigenvalue weighted by Gasteiger charge is -2.10. The Morgan fingerprint density at radius 3 is 2.53 bits per heavy atom. The number of carbonyl (C=O) groups excluding carboxylic acids is 1. The first-order valence-corrected chi connectivity index (χ1v) is 6.35. The van der Waals surface area contributed by atoms with Gasteiger partial charge in [0.15, 0.2) is 0 Å². The Balaban J connectivity index is 1.99. The summed E-state index contributed by atoms with van der Waals surface area (Å²) >= 11 is 1.58. The lowest BCUT2D eigenvalue weighted by molar-refractivity contribution is -0.143. The van der Waals surface area contributed by atoms with Crippen LogP contribution in [0.3, 0.4) is 0 Å². The van der Waals surface area contributed by atoms with E-state index < -0.39 is 11.4 Å². The first-order valence-electron chi connectivity index (χ1n) is 5.53. The number of carboxylic acid groups (broad SMARTS) is 1. The molecule has 1 amide bonds. The van der Waals surface area contributed by atoms with Gasteiger partial charge in [-0.1, -0.05) is 0 Å². The van der Waals surface area contributed by atoms with E-state index in [4.69, 9.17) is 5.11 Å². The standard InChI is InChI=1S/C12H15NO3S/c1-7-5-9(8(2)17-7)10(14)13-6-12(3-4-12)11(15)16/h5H,3-4,6H2,1-2H3,(H,13,14)(H,15,16). The van der Waals surface area contributed by atoms with Crippen LogP contribution < -0.4 is 5.32 Å². The minimum Gasteiger partial charge on any atom is -0.481 e. The highest BCUT2D eigenvalue weighted by Crippen LogP contribution is 2.45. The second-order valence-corrected chi connectivity index (χ2v) is 6.06. The number of aryl methyl sites for hydroxylation is 2. The Labute approximate surface area is 104 Å². The van der Waals surface area contributed by atoms with Crippen molar-refractivity contribution in [2.24, 2.45) is 5.41 Å². The number of nitrogens with one attached hydrogen (secondary N) is 1. The van der Waals surface area contributed by atoms with Crippen molar-refractivity contribution in [3.8, 4) is 0 Å². The molecule has 5 heteroatoms. The Morgan fingerprint density at radius 2 is 2.12 bits per heavy atom. The fraction of sp³-hybridized carbons (Fsp3) is 0.500. The van der Waals surface area contributed by atoms with E-state index >= 15 is 0 Å². The fourth-order valence-corrected chi connectivity index (χ4v) is 2.74. The first kappa shape index (κ1) is 12.1. The number of hydrogen-bond donors (Lipinski definition) is 2. The van der Waals surface area contributed by atoms with Crippen LogP contribution in [0.4, 0.5) is 0 Å². The minimum absolute atomic E-state index is 0.167. The van der Waals surface area contributed by atoms with Crippen molar-refractivity contribution < 1.29 is 14.7 Å². The van der Waals surface area contributed by atoms with Gasteiger partial charge in [0, 0.05) is 16.3 Å². The van der Waals surface area contributed by atoms with Crippen molar-refractivity contribution in [1.82, 2.24) is 5.32 Å². The summed E-state index contributed by atoms with van der Waals surface area (Å²) in [7, 11) is 0. The van der Waals surface area contributed by atoms with Gasteiger partial charge in [0.25, 0.3) is 5.91 Å². The number of hydrogen-bond acceptors (Lipinski definition) is 3. The molecule has 92 valence electrons. The van der Waals surface area contributed by atoms with E-state index in [1.807, 2.05) is 19.9 Å². The lowest BCUT2D eigenvalue weighted by atomic mass is 10.1. The summed E-state index contributed by atoms with van der Waals surface area (Å²) in [5, 5.41) is 11.7. The summed E-state index contributed by atoms with van der Waals surface area (Å²) < 4.78 is 0. The Kier molecular flexibility index (Phi) is 2.95. The number of carbonyl (C=O) groups is 2. The van der Waals surface area contributed by atoms with Crippen LogP contribution in [0, 0.1) is 19.3 Å². The summed E-state index contributed by atoms with van der Waals surface area (Å²) in [6.45, 7) is 4.08. The molecule has 0 atom stereocenters. The van der Waals surface area contributed by atoms with Gasteiger partial charge in [0.1, 0.15) is 0 Å². The van der Waals surface area contributed by atoms with Crippen LogP contribution >= 0.6 is 11.3 Å². The highest BCUT2D eigenvalue weighted by Gasteiger charge is 2.50. The summed E-state index contributed by atoms with van der Waals surface area (Å²) in [4.78, 5) is 24.9. The van der Waals surface area contributed by atoms with Gasteiger partial charge in [0.05, 0.1) is 11.0 Å². The van der Waals surface area contributed by atoms with Crippen molar-refractivity contribution >= 4 is 23.2 Å². The number of amides is 1. The van der Waals surface area contributed by atoms with Gasteiger partial charge in [-0.25, -0.2) is 0 Å². The Bertz CT molecular complexity index is 474. The molecule has 0 bridgehead atoms. The van der Waals surface area contributed by atoms with Gasteiger partial charge in [0.2, 0.25) is 0 Å². The van der Waals surface area contributed by atoms with E-state index in [1.165, 1.54) is 0 Å². The molecule has 1 aromatic heterocycles. The van der Waals surface area contributed by atoms with E-state index in [-0.39, 0.29) is 12.5 Å². The third kappa shape index (κ3) is 2.34. The summed E-state index contributed by atoms with van der Waals surface area (Å²) in [5.74, 6) is -0.976. The largest absolute Gasteiger partial charge is 0.481 e. The van der Waals surface area contributed by atoms with Crippen molar-refractivity contribution in [2.75, 3.05) is 6.54 Å². The fourth-order valence-electron chi connectivity index (χ4n) is 1.82. The zero-order valence-corrected chi connectivity index (χ0v) is 10.7. The van der Waals surface area contributed by atoms with Crippen LogP contribution in [0.5, 0.6) is 0 Å². The lowest BCUT2D eigenvalue weighted by Crippen LogP contribution is -2.34. The molecule has 1 saturated carbocycles. The molecule has 2 N–H and O–H groups in total. The zero-order valence-electron chi connectivity index (χ0n) is 9.87. The van der Waals surface area contributed by atoms with E-state index in [0.717, 1.165) is 9.75 Å². The molecule has 0 radical (unpaired) electrons. The molecule has 0 spiro atoms. The smallest absolute Gasteiger partial charge is 0.311 e. The topological polar surface area (TPSA) is 66.4 Å².